The zero-order valence-electron chi connectivity index (χ0n) is 11.7. The SMILES string of the molecule is CC1CC(N)CN(Cc2cc(=O)n3ccccc3n2)C1. The third kappa shape index (κ3) is 2.73. The average molecular weight is 272 g/mol. The zero-order valence-corrected chi connectivity index (χ0v) is 11.7. The van der Waals surface area contributed by atoms with Crippen LogP contribution in [0.1, 0.15) is 19.0 Å². The number of nitrogens with zero attached hydrogens (tertiary/aromatic N) is 3. The number of likely N-dealkylation sites (tertiary alicyclic amines) is 1. The van der Waals surface area contributed by atoms with E-state index in [1.165, 1.54) is 0 Å². The Morgan fingerprint density at radius 1 is 1.40 bits per heavy atom. The molecule has 20 heavy (non-hydrogen) atoms. The molecule has 1 aliphatic heterocycles. The van der Waals surface area contributed by atoms with Crippen LogP contribution in [0.3, 0.4) is 0 Å². The number of rotatable bonds is 2. The first-order valence-corrected chi connectivity index (χ1v) is 7.07. The molecule has 5 heteroatoms. The van der Waals surface area contributed by atoms with E-state index in [9.17, 15) is 4.79 Å². The van der Waals surface area contributed by atoms with Crippen molar-refractivity contribution in [2.75, 3.05) is 13.1 Å². The van der Waals surface area contributed by atoms with Crippen LogP contribution in [0.4, 0.5) is 0 Å². The number of hydrogen-bond acceptors (Lipinski definition) is 4. The second-order valence-corrected chi connectivity index (χ2v) is 5.81. The maximum atomic E-state index is 12.0. The summed E-state index contributed by atoms with van der Waals surface area (Å²) >= 11 is 0. The molecule has 1 aliphatic rings. The number of hydrogen-bond donors (Lipinski definition) is 1. The first kappa shape index (κ1) is 13.3. The molecule has 0 spiro atoms. The number of pyridine rings is 1. The quantitative estimate of drug-likeness (QED) is 0.881. The van der Waals surface area contributed by atoms with Crippen molar-refractivity contribution in [3.63, 3.8) is 0 Å². The number of fused-ring (bicyclic) bond motifs is 1. The number of aromatic nitrogens is 2. The van der Waals surface area contributed by atoms with Gasteiger partial charge in [0.25, 0.3) is 5.56 Å². The summed E-state index contributed by atoms with van der Waals surface area (Å²) in [5, 5.41) is 0. The third-order valence-electron chi connectivity index (χ3n) is 3.78. The molecule has 2 aromatic rings. The highest BCUT2D eigenvalue weighted by Crippen LogP contribution is 2.16. The van der Waals surface area contributed by atoms with Crippen molar-refractivity contribution < 1.29 is 0 Å². The van der Waals surface area contributed by atoms with Gasteiger partial charge in [-0.15, -0.1) is 0 Å². The van der Waals surface area contributed by atoms with E-state index in [1.807, 2.05) is 18.2 Å². The highest BCUT2D eigenvalue weighted by Gasteiger charge is 2.22. The van der Waals surface area contributed by atoms with Crippen molar-refractivity contribution in [2.45, 2.75) is 25.9 Å². The fourth-order valence-electron chi connectivity index (χ4n) is 3.06. The van der Waals surface area contributed by atoms with Crippen molar-refractivity contribution in [3.05, 3.63) is 46.5 Å². The lowest BCUT2D eigenvalue weighted by Crippen LogP contribution is -2.46. The molecule has 0 aromatic carbocycles. The summed E-state index contributed by atoms with van der Waals surface area (Å²) in [6.07, 6.45) is 2.82. The second-order valence-electron chi connectivity index (χ2n) is 5.81. The standard InChI is InChI=1S/C15H20N4O/c1-11-6-12(16)9-18(8-11)10-13-7-15(20)19-5-3-2-4-14(19)17-13/h2-5,7,11-12H,6,8-10,16H2,1H3. The fraction of sp³-hybridized carbons (Fsp3) is 0.467. The topological polar surface area (TPSA) is 63.6 Å². The van der Waals surface area contributed by atoms with Crippen molar-refractivity contribution in [1.82, 2.24) is 14.3 Å². The van der Waals surface area contributed by atoms with E-state index in [2.05, 4.69) is 16.8 Å². The molecular weight excluding hydrogens is 252 g/mol. The summed E-state index contributed by atoms with van der Waals surface area (Å²) in [4.78, 5) is 18.9. The maximum Gasteiger partial charge on any atom is 0.258 e. The summed E-state index contributed by atoms with van der Waals surface area (Å²) in [5.41, 5.74) is 7.55. The van der Waals surface area contributed by atoms with E-state index in [-0.39, 0.29) is 11.6 Å². The van der Waals surface area contributed by atoms with E-state index >= 15 is 0 Å². The van der Waals surface area contributed by atoms with Gasteiger partial charge in [0.15, 0.2) is 0 Å². The second kappa shape index (κ2) is 5.34. The van der Waals surface area contributed by atoms with Gasteiger partial charge in [0.2, 0.25) is 0 Å². The van der Waals surface area contributed by atoms with Gasteiger partial charge < -0.3 is 5.73 Å². The van der Waals surface area contributed by atoms with Crippen LogP contribution in [0.5, 0.6) is 0 Å². The molecule has 1 fully saturated rings. The van der Waals surface area contributed by atoms with Gasteiger partial charge in [0, 0.05) is 37.9 Å². The minimum atomic E-state index is -0.0278. The molecule has 106 valence electrons. The Bertz CT molecular complexity index is 656. The van der Waals surface area contributed by atoms with Gasteiger partial charge in [0.1, 0.15) is 5.65 Å². The van der Waals surface area contributed by atoms with Gasteiger partial charge >= 0.3 is 0 Å². The summed E-state index contributed by atoms with van der Waals surface area (Å²) in [6, 6.07) is 7.43. The molecule has 2 atom stereocenters. The van der Waals surface area contributed by atoms with Gasteiger partial charge in [-0.25, -0.2) is 4.98 Å². The van der Waals surface area contributed by atoms with Gasteiger partial charge in [-0.05, 0) is 24.5 Å². The smallest absolute Gasteiger partial charge is 0.258 e. The number of piperidine rings is 1. The van der Waals surface area contributed by atoms with Crippen LogP contribution in [0, 0.1) is 5.92 Å². The highest BCUT2D eigenvalue weighted by molar-refractivity contribution is 5.37. The highest BCUT2D eigenvalue weighted by atomic mass is 16.1. The average Bonchev–Trinajstić information content (AvgIpc) is 2.37. The normalized spacial score (nSPS) is 24.1. The molecule has 3 rings (SSSR count). The predicted molar refractivity (Wildman–Crippen MR) is 78.5 cm³/mol. The van der Waals surface area contributed by atoms with Crippen molar-refractivity contribution in [1.29, 1.82) is 0 Å². The molecule has 2 N–H and O–H groups in total. The lowest BCUT2D eigenvalue weighted by atomic mass is 9.96. The lowest BCUT2D eigenvalue weighted by Gasteiger charge is -2.34. The van der Waals surface area contributed by atoms with E-state index < -0.39 is 0 Å². The van der Waals surface area contributed by atoms with Crippen molar-refractivity contribution in [3.8, 4) is 0 Å². The molecule has 0 saturated carbocycles. The molecule has 3 heterocycles. The summed E-state index contributed by atoms with van der Waals surface area (Å²) in [6.45, 7) is 4.80. The van der Waals surface area contributed by atoms with E-state index in [0.29, 0.717) is 18.1 Å². The van der Waals surface area contributed by atoms with Gasteiger partial charge in [0.05, 0.1) is 5.69 Å². The molecule has 0 aliphatic carbocycles. The first-order chi connectivity index (χ1) is 9.61. The molecule has 0 bridgehead atoms. The van der Waals surface area contributed by atoms with Gasteiger partial charge in [-0.1, -0.05) is 13.0 Å². The van der Waals surface area contributed by atoms with Crippen molar-refractivity contribution in [2.24, 2.45) is 11.7 Å². The van der Waals surface area contributed by atoms with Crippen LogP contribution in [0.2, 0.25) is 0 Å². The minimum Gasteiger partial charge on any atom is -0.327 e. The summed E-state index contributed by atoms with van der Waals surface area (Å²) in [7, 11) is 0. The molecule has 1 saturated heterocycles. The molecule has 0 radical (unpaired) electrons. The van der Waals surface area contributed by atoms with E-state index in [1.54, 1.807) is 16.7 Å². The van der Waals surface area contributed by atoms with Crippen LogP contribution in [-0.4, -0.2) is 33.4 Å². The summed E-state index contributed by atoms with van der Waals surface area (Å²) < 4.78 is 1.56. The lowest BCUT2D eigenvalue weighted by molar-refractivity contribution is 0.157. The van der Waals surface area contributed by atoms with E-state index in [4.69, 9.17) is 5.73 Å². The monoisotopic (exact) mass is 272 g/mol. The fourth-order valence-corrected chi connectivity index (χ4v) is 3.06. The molecular formula is C15H20N4O. The Labute approximate surface area is 118 Å². The van der Waals surface area contributed by atoms with Crippen LogP contribution >= 0.6 is 0 Å². The van der Waals surface area contributed by atoms with Crippen LogP contribution < -0.4 is 11.3 Å². The summed E-state index contributed by atoms with van der Waals surface area (Å²) in [5.74, 6) is 0.598. The zero-order chi connectivity index (χ0) is 14.1. The Morgan fingerprint density at radius 2 is 2.25 bits per heavy atom. The Balaban J connectivity index is 1.86. The van der Waals surface area contributed by atoms with Crippen molar-refractivity contribution >= 4 is 5.65 Å². The van der Waals surface area contributed by atoms with Crippen LogP contribution in [0.25, 0.3) is 5.65 Å². The minimum absolute atomic E-state index is 0.0278. The molecule has 2 aromatic heterocycles. The maximum absolute atomic E-state index is 12.0. The predicted octanol–water partition coefficient (Wildman–Crippen LogP) is 0.864. The molecule has 0 amide bonds. The Kier molecular flexibility index (Phi) is 3.54. The Hall–Kier alpha value is -1.72. The Morgan fingerprint density at radius 3 is 3.05 bits per heavy atom. The van der Waals surface area contributed by atoms with Gasteiger partial charge in [-0.3, -0.25) is 14.1 Å². The van der Waals surface area contributed by atoms with Crippen LogP contribution in [-0.2, 0) is 6.54 Å². The van der Waals surface area contributed by atoms with Crippen LogP contribution in [0.15, 0.2) is 35.3 Å². The third-order valence-corrected chi connectivity index (χ3v) is 3.78. The van der Waals surface area contributed by atoms with E-state index in [0.717, 1.165) is 25.2 Å². The molecule has 2 unspecified atom stereocenters. The largest absolute Gasteiger partial charge is 0.327 e. The number of nitrogens with two attached hydrogens (primary N) is 1. The first-order valence-electron chi connectivity index (χ1n) is 7.07. The van der Waals surface area contributed by atoms with Gasteiger partial charge in [-0.2, -0.15) is 0 Å². The molecule has 5 nitrogen and oxygen atoms in total.